The first-order chi connectivity index (χ1) is 6.79. The third-order valence-electron chi connectivity index (χ3n) is 2.55. The van der Waals surface area contributed by atoms with Crippen molar-refractivity contribution in [3.8, 4) is 0 Å². The van der Waals surface area contributed by atoms with Crippen molar-refractivity contribution in [1.29, 1.82) is 0 Å². The average molecular weight is 215 g/mol. The van der Waals surface area contributed by atoms with Crippen LogP contribution in [0.25, 0.3) is 0 Å². The third-order valence-corrected chi connectivity index (χ3v) is 2.55. The van der Waals surface area contributed by atoms with Crippen molar-refractivity contribution < 1.29 is 14.6 Å². The van der Waals surface area contributed by atoms with E-state index in [0.29, 0.717) is 13.2 Å². The molecule has 0 saturated carbocycles. The smallest absolute Gasteiger partial charge is 0.227 e. The number of amides is 1. The summed E-state index contributed by atoms with van der Waals surface area (Å²) in [7, 11) is 1.73. The minimum atomic E-state index is -0.838. The number of carbonyl (C=O) groups is 1. The maximum Gasteiger partial charge on any atom is 0.227 e. The highest BCUT2D eigenvalue weighted by molar-refractivity contribution is 5.79. The number of rotatable bonds is 3. The summed E-state index contributed by atoms with van der Waals surface area (Å²) >= 11 is 0. The molecule has 0 spiro atoms. The van der Waals surface area contributed by atoms with Crippen molar-refractivity contribution in [1.82, 2.24) is 4.90 Å². The number of hydrogen-bond donors (Lipinski definition) is 1. The zero-order chi connectivity index (χ0) is 11.6. The lowest BCUT2D eigenvalue weighted by Crippen LogP contribution is -2.42. The van der Waals surface area contributed by atoms with E-state index in [1.807, 2.05) is 6.92 Å². The summed E-state index contributed by atoms with van der Waals surface area (Å²) in [6, 6.07) is 0. The minimum absolute atomic E-state index is 0.0349. The van der Waals surface area contributed by atoms with Gasteiger partial charge in [-0.25, -0.2) is 0 Å². The summed E-state index contributed by atoms with van der Waals surface area (Å²) in [5.41, 5.74) is -0.838. The van der Waals surface area contributed by atoms with Crippen LogP contribution in [0.3, 0.4) is 0 Å². The summed E-state index contributed by atoms with van der Waals surface area (Å²) in [5.74, 6) is 0.0359. The fourth-order valence-electron chi connectivity index (χ4n) is 1.96. The first-order valence-electron chi connectivity index (χ1n) is 5.38. The van der Waals surface area contributed by atoms with Gasteiger partial charge in [-0.3, -0.25) is 4.79 Å². The normalized spacial score (nSPS) is 26.7. The van der Waals surface area contributed by atoms with Crippen LogP contribution >= 0.6 is 0 Å². The molecule has 15 heavy (non-hydrogen) atoms. The van der Waals surface area contributed by atoms with E-state index in [-0.39, 0.29) is 17.9 Å². The molecule has 1 N–H and O–H groups in total. The molecule has 1 aliphatic rings. The highest BCUT2D eigenvalue weighted by atomic mass is 16.5. The molecule has 88 valence electrons. The molecule has 0 aromatic carbocycles. The van der Waals surface area contributed by atoms with Gasteiger partial charge in [0.25, 0.3) is 0 Å². The Labute approximate surface area is 91.2 Å². The molecule has 1 aliphatic heterocycles. The van der Waals surface area contributed by atoms with E-state index in [4.69, 9.17) is 4.74 Å². The predicted molar refractivity (Wildman–Crippen MR) is 57.5 cm³/mol. The van der Waals surface area contributed by atoms with E-state index < -0.39 is 5.60 Å². The number of nitrogens with zero attached hydrogens (tertiary/aromatic N) is 1. The Kier molecular flexibility index (Phi) is 3.73. The minimum Gasteiger partial charge on any atom is -0.389 e. The van der Waals surface area contributed by atoms with Crippen LogP contribution in [0.15, 0.2) is 0 Å². The summed E-state index contributed by atoms with van der Waals surface area (Å²) in [4.78, 5) is 13.5. The summed E-state index contributed by atoms with van der Waals surface area (Å²) in [6.07, 6.45) is 0.962. The number of ether oxygens (including phenoxy) is 1. The molecule has 4 heteroatoms. The van der Waals surface area contributed by atoms with Gasteiger partial charge < -0.3 is 14.7 Å². The highest BCUT2D eigenvalue weighted by Crippen LogP contribution is 2.21. The molecule has 1 amide bonds. The fourth-order valence-corrected chi connectivity index (χ4v) is 1.96. The Hall–Kier alpha value is -0.610. The monoisotopic (exact) mass is 215 g/mol. The van der Waals surface area contributed by atoms with Crippen LogP contribution in [0, 0.1) is 5.92 Å². The SMILES string of the molecule is CC1CC(C(=O)N(C)CC(C)(C)O)CO1. The lowest BCUT2D eigenvalue weighted by atomic mass is 10.0. The van der Waals surface area contributed by atoms with Crippen molar-refractivity contribution in [3.05, 3.63) is 0 Å². The quantitative estimate of drug-likeness (QED) is 0.751. The van der Waals surface area contributed by atoms with Crippen LogP contribution in [0.2, 0.25) is 0 Å². The molecule has 1 heterocycles. The van der Waals surface area contributed by atoms with Gasteiger partial charge in [-0.2, -0.15) is 0 Å². The first kappa shape index (κ1) is 12.5. The maximum atomic E-state index is 11.9. The Morgan fingerprint density at radius 1 is 1.60 bits per heavy atom. The van der Waals surface area contributed by atoms with Crippen LogP contribution < -0.4 is 0 Å². The molecule has 2 atom stereocenters. The lowest BCUT2D eigenvalue weighted by molar-refractivity contribution is -0.136. The Morgan fingerprint density at radius 3 is 2.60 bits per heavy atom. The first-order valence-corrected chi connectivity index (χ1v) is 5.38. The standard InChI is InChI=1S/C11H21NO3/c1-8-5-9(6-15-8)10(13)12(4)7-11(2,3)14/h8-9,14H,5-7H2,1-4H3. The van der Waals surface area contributed by atoms with E-state index in [1.165, 1.54) is 0 Å². The number of carbonyl (C=O) groups excluding carboxylic acids is 1. The zero-order valence-corrected chi connectivity index (χ0v) is 9.99. The largest absolute Gasteiger partial charge is 0.389 e. The van der Waals surface area contributed by atoms with Gasteiger partial charge in [-0.05, 0) is 27.2 Å². The number of aliphatic hydroxyl groups is 1. The lowest BCUT2D eigenvalue weighted by Gasteiger charge is -2.27. The van der Waals surface area contributed by atoms with Gasteiger partial charge in [0.1, 0.15) is 0 Å². The van der Waals surface area contributed by atoms with Crippen molar-refractivity contribution in [2.24, 2.45) is 5.92 Å². The third kappa shape index (κ3) is 3.80. The highest BCUT2D eigenvalue weighted by Gasteiger charge is 2.31. The molecule has 0 aromatic heterocycles. The molecule has 0 aromatic rings. The van der Waals surface area contributed by atoms with Crippen LogP contribution in [0.4, 0.5) is 0 Å². The maximum absolute atomic E-state index is 11.9. The van der Waals surface area contributed by atoms with Crippen LogP contribution in [-0.2, 0) is 9.53 Å². The molecule has 1 saturated heterocycles. The van der Waals surface area contributed by atoms with Crippen LogP contribution in [0.5, 0.6) is 0 Å². The summed E-state index contributed by atoms with van der Waals surface area (Å²) < 4.78 is 5.36. The molecule has 0 radical (unpaired) electrons. The average Bonchev–Trinajstić information content (AvgIpc) is 2.47. The van der Waals surface area contributed by atoms with E-state index in [2.05, 4.69) is 0 Å². The molecule has 2 unspecified atom stereocenters. The fraction of sp³-hybridized carbons (Fsp3) is 0.909. The molecule has 4 nitrogen and oxygen atoms in total. The van der Waals surface area contributed by atoms with Crippen LogP contribution in [0.1, 0.15) is 27.2 Å². The Balaban J connectivity index is 2.46. The van der Waals surface area contributed by atoms with Crippen molar-refractivity contribution in [3.63, 3.8) is 0 Å². The molecule has 0 bridgehead atoms. The summed E-state index contributed by atoms with van der Waals surface area (Å²) in [5, 5.41) is 9.61. The molecular formula is C11H21NO3. The molecule has 1 fully saturated rings. The second-order valence-corrected chi connectivity index (χ2v) is 5.08. The molecule has 0 aliphatic carbocycles. The van der Waals surface area contributed by atoms with Crippen molar-refractivity contribution in [2.75, 3.05) is 20.2 Å². The van der Waals surface area contributed by atoms with E-state index >= 15 is 0 Å². The Morgan fingerprint density at radius 2 is 2.20 bits per heavy atom. The second kappa shape index (κ2) is 4.49. The van der Waals surface area contributed by atoms with Gasteiger partial charge in [-0.1, -0.05) is 0 Å². The van der Waals surface area contributed by atoms with Gasteiger partial charge in [0, 0.05) is 13.6 Å². The van der Waals surface area contributed by atoms with Crippen LogP contribution in [-0.4, -0.2) is 47.8 Å². The summed E-state index contributed by atoms with van der Waals surface area (Å²) in [6.45, 7) is 6.24. The number of hydrogen-bond acceptors (Lipinski definition) is 3. The van der Waals surface area contributed by atoms with Gasteiger partial charge in [-0.15, -0.1) is 0 Å². The zero-order valence-electron chi connectivity index (χ0n) is 9.99. The van der Waals surface area contributed by atoms with Gasteiger partial charge in [0.05, 0.1) is 24.2 Å². The van der Waals surface area contributed by atoms with Gasteiger partial charge >= 0.3 is 0 Å². The van der Waals surface area contributed by atoms with E-state index in [1.54, 1.807) is 25.8 Å². The Bertz CT molecular complexity index is 234. The number of likely N-dealkylation sites (N-methyl/N-ethyl adjacent to an activating group) is 1. The van der Waals surface area contributed by atoms with E-state index in [9.17, 15) is 9.90 Å². The molecule has 1 rings (SSSR count). The van der Waals surface area contributed by atoms with Crippen molar-refractivity contribution in [2.45, 2.75) is 38.9 Å². The topological polar surface area (TPSA) is 49.8 Å². The predicted octanol–water partition coefficient (Wildman–Crippen LogP) is 0.641. The van der Waals surface area contributed by atoms with Gasteiger partial charge in [0.2, 0.25) is 5.91 Å². The molecular weight excluding hydrogens is 194 g/mol. The van der Waals surface area contributed by atoms with Crippen molar-refractivity contribution >= 4 is 5.91 Å². The van der Waals surface area contributed by atoms with E-state index in [0.717, 1.165) is 6.42 Å². The second-order valence-electron chi connectivity index (χ2n) is 5.08. The van der Waals surface area contributed by atoms with Gasteiger partial charge in [0.15, 0.2) is 0 Å².